The summed E-state index contributed by atoms with van der Waals surface area (Å²) in [6, 6.07) is 2.53. The van der Waals surface area contributed by atoms with Crippen molar-refractivity contribution in [2.24, 2.45) is 5.73 Å². The van der Waals surface area contributed by atoms with Gasteiger partial charge in [-0.2, -0.15) is 0 Å². The quantitative estimate of drug-likeness (QED) is 0.817. The molecule has 2 nitrogen and oxygen atoms in total. The molecule has 0 aliphatic carbocycles. The molecule has 1 aromatic carbocycles. The summed E-state index contributed by atoms with van der Waals surface area (Å²) >= 11 is 0. The van der Waals surface area contributed by atoms with E-state index in [1.54, 1.807) is 6.92 Å². The Morgan fingerprint density at radius 1 is 1.33 bits per heavy atom. The van der Waals surface area contributed by atoms with Gasteiger partial charge in [0.25, 0.3) is 0 Å². The summed E-state index contributed by atoms with van der Waals surface area (Å²) in [4.78, 5) is 0. The van der Waals surface area contributed by atoms with Crippen LogP contribution in [0.4, 0.5) is 8.78 Å². The average molecular weight is 215 g/mol. The molecule has 0 radical (unpaired) electrons. The fourth-order valence-electron chi connectivity index (χ4n) is 1.35. The van der Waals surface area contributed by atoms with Crippen molar-refractivity contribution < 1.29 is 13.5 Å². The molecule has 0 saturated heterocycles. The molecule has 0 aliphatic rings. The van der Waals surface area contributed by atoms with E-state index in [1.165, 1.54) is 12.1 Å². The molecule has 0 fully saturated rings. The minimum Gasteiger partial charge on any atom is -0.491 e. The lowest BCUT2D eigenvalue weighted by molar-refractivity contribution is 0.318. The molecule has 4 heteroatoms. The summed E-state index contributed by atoms with van der Waals surface area (Å²) in [5.74, 6) is -1.04. The van der Waals surface area contributed by atoms with Gasteiger partial charge in [0.15, 0.2) is 11.6 Å². The molecule has 0 amide bonds. The van der Waals surface area contributed by atoms with Crippen LogP contribution in [0, 0.1) is 11.6 Å². The number of rotatable bonds is 5. The maximum atomic E-state index is 13.6. The second kappa shape index (κ2) is 5.66. The molecule has 0 bridgehead atoms. The zero-order chi connectivity index (χ0) is 11.3. The first kappa shape index (κ1) is 11.9. The molecule has 1 aromatic rings. The fourth-order valence-corrected chi connectivity index (χ4v) is 1.35. The Morgan fingerprint density at radius 3 is 2.67 bits per heavy atom. The Hall–Kier alpha value is -1.16. The summed E-state index contributed by atoms with van der Waals surface area (Å²) in [6.07, 6.45) is 0.860. The topological polar surface area (TPSA) is 35.2 Å². The zero-order valence-corrected chi connectivity index (χ0v) is 8.72. The van der Waals surface area contributed by atoms with Crippen LogP contribution in [0.15, 0.2) is 12.1 Å². The highest BCUT2D eigenvalue weighted by Crippen LogP contribution is 2.24. The minimum absolute atomic E-state index is 0.0615. The molecule has 0 saturated carbocycles. The number of halogens is 2. The van der Waals surface area contributed by atoms with Gasteiger partial charge < -0.3 is 10.5 Å². The molecule has 15 heavy (non-hydrogen) atoms. The minimum atomic E-state index is -0.606. The van der Waals surface area contributed by atoms with Gasteiger partial charge in [-0.3, -0.25) is 0 Å². The molecule has 0 aliphatic heterocycles. The molecular formula is C11H15F2NO. The van der Waals surface area contributed by atoms with E-state index in [-0.39, 0.29) is 11.3 Å². The van der Waals surface area contributed by atoms with Crippen LogP contribution in [0.2, 0.25) is 0 Å². The lowest BCUT2D eigenvalue weighted by atomic mass is 10.1. The van der Waals surface area contributed by atoms with Gasteiger partial charge in [0.2, 0.25) is 0 Å². The van der Waals surface area contributed by atoms with Crippen LogP contribution < -0.4 is 10.5 Å². The second-order valence-electron chi connectivity index (χ2n) is 3.16. The summed E-state index contributed by atoms with van der Waals surface area (Å²) in [6.45, 7) is 2.53. The van der Waals surface area contributed by atoms with Crippen molar-refractivity contribution in [1.29, 1.82) is 0 Å². The number of hydrogen-bond donors (Lipinski definition) is 1. The van der Waals surface area contributed by atoms with Crippen LogP contribution in [0.5, 0.6) is 5.75 Å². The highest BCUT2D eigenvalue weighted by atomic mass is 19.1. The molecule has 0 atom stereocenters. The molecule has 0 aromatic heterocycles. The van der Waals surface area contributed by atoms with Crippen LogP contribution in [0.25, 0.3) is 0 Å². The number of ether oxygens (including phenoxy) is 1. The molecular weight excluding hydrogens is 200 g/mol. The van der Waals surface area contributed by atoms with Gasteiger partial charge in [-0.05, 0) is 38.4 Å². The van der Waals surface area contributed by atoms with E-state index < -0.39 is 11.6 Å². The van der Waals surface area contributed by atoms with Gasteiger partial charge in [-0.1, -0.05) is 0 Å². The van der Waals surface area contributed by atoms with E-state index >= 15 is 0 Å². The third-order valence-corrected chi connectivity index (χ3v) is 2.08. The third-order valence-electron chi connectivity index (χ3n) is 2.08. The Kier molecular flexibility index (Phi) is 4.49. The van der Waals surface area contributed by atoms with E-state index in [1.807, 2.05) is 0 Å². The lowest BCUT2D eigenvalue weighted by Gasteiger charge is -2.09. The second-order valence-corrected chi connectivity index (χ2v) is 3.16. The van der Waals surface area contributed by atoms with Gasteiger partial charge in [-0.15, -0.1) is 0 Å². The Balaban J connectivity index is 2.95. The molecule has 2 N–H and O–H groups in total. The normalized spacial score (nSPS) is 10.4. The Morgan fingerprint density at radius 2 is 2.07 bits per heavy atom. The Bertz CT molecular complexity index is 329. The third kappa shape index (κ3) is 2.89. The highest BCUT2D eigenvalue weighted by molar-refractivity contribution is 5.32. The lowest BCUT2D eigenvalue weighted by Crippen LogP contribution is -2.05. The van der Waals surface area contributed by atoms with Crippen molar-refractivity contribution in [3.63, 3.8) is 0 Å². The zero-order valence-electron chi connectivity index (χ0n) is 8.72. The first-order chi connectivity index (χ1) is 7.20. The summed E-state index contributed by atoms with van der Waals surface area (Å²) in [5, 5.41) is 0. The van der Waals surface area contributed by atoms with E-state index in [0.29, 0.717) is 26.0 Å². The first-order valence-electron chi connectivity index (χ1n) is 5.00. The monoisotopic (exact) mass is 215 g/mol. The van der Waals surface area contributed by atoms with Crippen molar-refractivity contribution in [3.05, 3.63) is 29.3 Å². The molecule has 0 unspecified atom stereocenters. The maximum absolute atomic E-state index is 13.6. The standard InChI is InChI=1S/C11H15F2NO/c1-2-15-10-6-5-9(12)8(11(10)13)4-3-7-14/h5-6H,2-4,7,14H2,1H3. The number of hydrogen-bond acceptors (Lipinski definition) is 2. The smallest absolute Gasteiger partial charge is 0.171 e. The molecule has 84 valence electrons. The van der Waals surface area contributed by atoms with Crippen molar-refractivity contribution in [3.8, 4) is 5.75 Å². The van der Waals surface area contributed by atoms with Crippen molar-refractivity contribution in [2.45, 2.75) is 19.8 Å². The maximum Gasteiger partial charge on any atom is 0.171 e. The number of nitrogens with two attached hydrogens (primary N) is 1. The molecule has 0 spiro atoms. The van der Waals surface area contributed by atoms with Gasteiger partial charge >= 0.3 is 0 Å². The van der Waals surface area contributed by atoms with Crippen LogP contribution in [-0.2, 0) is 6.42 Å². The summed E-state index contributed by atoms with van der Waals surface area (Å²) in [7, 11) is 0. The van der Waals surface area contributed by atoms with Gasteiger partial charge in [0, 0.05) is 5.56 Å². The highest BCUT2D eigenvalue weighted by Gasteiger charge is 2.13. The van der Waals surface area contributed by atoms with Crippen molar-refractivity contribution >= 4 is 0 Å². The fraction of sp³-hybridized carbons (Fsp3) is 0.455. The number of benzene rings is 1. The largest absolute Gasteiger partial charge is 0.491 e. The van der Waals surface area contributed by atoms with Crippen LogP contribution in [-0.4, -0.2) is 13.2 Å². The SMILES string of the molecule is CCOc1ccc(F)c(CCCN)c1F. The predicted molar refractivity (Wildman–Crippen MR) is 54.9 cm³/mol. The summed E-state index contributed by atoms with van der Waals surface area (Å²) < 4.78 is 31.9. The van der Waals surface area contributed by atoms with Gasteiger partial charge in [-0.25, -0.2) is 8.78 Å². The predicted octanol–water partition coefficient (Wildman–Crippen LogP) is 2.25. The van der Waals surface area contributed by atoms with Crippen LogP contribution >= 0.6 is 0 Å². The molecule has 1 rings (SSSR count). The van der Waals surface area contributed by atoms with E-state index in [4.69, 9.17) is 10.5 Å². The van der Waals surface area contributed by atoms with Crippen molar-refractivity contribution in [1.82, 2.24) is 0 Å². The van der Waals surface area contributed by atoms with E-state index in [2.05, 4.69) is 0 Å². The first-order valence-corrected chi connectivity index (χ1v) is 5.00. The molecule has 0 heterocycles. The average Bonchev–Trinajstić information content (AvgIpc) is 2.22. The summed E-state index contributed by atoms with van der Waals surface area (Å²) in [5.41, 5.74) is 5.36. The van der Waals surface area contributed by atoms with Gasteiger partial charge in [0.05, 0.1) is 6.61 Å². The van der Waals surface area contributed by atoms with Crippen LogP contribution in [0.1, 0.15) is 18.9 Å². The Labute approximate surface area is 88.0 Å². The van der Waals surface area contributed by atoms with Crippen LogP contribution in [0.3, 0.4) is 0 Å². The van der Waals surface area contributed by atoms with Crippen molar-refractivity contribution in [2.75, 3.05) is 13.2 Å². The van der Waals surface area contributed by atoms with E-state index in [9.17, 15) is 8.78 Å². The van der Waals surface area contributed by atoms with Gasteiger partial charge in [0.1, 0.15) is 5.82 Å². The van der Waals surface area contributed by atoms with E-state index in [0.717, 1.165) is 0 Å².